The minimum absolute atomic E-state index is 0.624. The first-order valence-electron chi connectivity index (χ1n) is 6.45. The smallest absolute Gasteiger partial charge is 0.418 e. The van der Waals surface area contributed by atoms with Crippen molar-refractivity contribution in [3.63, 3.8) is 0 Å². The molecule has 0 unspecified atom stereocenters. The highest BCUT2D eigenvalue weighted by atomic mass is 28.4. The van der Waals surface area contributed by atoms with Gasteiger partial charge >= 0.3 is 8.80 Å². The summed E-state index contributed by atoms with van der Waals surface area (Å²) in [4.78, 5) is 0. The van der Waals surface area contributed by atoms with E-state index in [1.807, 2.05) is 20.8 Å². The molecule has 0 spiro atoms. The molecule has 0 heterocycles. The normalized spacial score (nSPS) is 13.1. The first kappa shape index (κ1) is 17.3. The quantitative estimate of drug-likeness (QED) is 0.577. The van der Waals surface area contributed by atoms with Gasteiger partial charge < -0.3 is 17.7 Å². The summed E-state index contributed by atoms with van der Waals surface area (Å²) in [7, 11) is -3.97. The van der Waals surface area contributed by atoms with Gasteiger partial charge in [0.05, 0.1) is 0 Å². The molecule has 4 nitrogen and oxygen atoms in total. The molecule has 0 atom stereocenters. The average Bonchev–Trinajstić information content (AvgIpc) is 2.16. The highest BCUT2D eigenvalue weighted by Gasteiger charge is 2.40. The summed E-state index contributed by atoms with van der Waals surface area (Å²) in [6, 6.07) is 0.743. The average molecular weight is 281 g/mol. The van der Waals surface area contributed by atoms with Crippen LogP contribution in [-0.2, 0) is 17.7 Å². The van der Waals surface area contributed by atoms with Crippen LogP contribution in [0, 0.1) is 0 Å². The summed E-state index contributed by atoms with van der Waals surface area (Å²) in [6.07, 6.45) is 0. The summed E-state index contributed by atoms with van der Waals surface area (Å²) in [5, 5.41) is 0. The second-order valence-electron chi connectivity index (χ2n) is 4.69. The van der Waals surface area contributed by atoms with Gasteiger partial charge in [-0.25, -0.2) is 0 Å². The molecule has 0 radical (unpaired) electrons. The van der Waals surface area contributed by atoms with Crippen molar-refractivity contribution < 1.29 is 17.7 Å². The number of hydrogen-bond acceptors (Lipinski definition) is 4. The van der Waals surface area contributed by atoms with E-state index < -0.39 is 17.1 Å². The van der Waals surface area contributed by atoms with Crippen molar-refractivity contribution in [3.8, 4) is 0 Å². The minimum atomic E-state index is -2.50. The first-order valence-corrected chi connectivity index (χ1v) is 11.8. The van der Waals surface area contributed by atoms with E-state index in [0.29, 0.717) is 26.4 Å². The van der Waals surface area contributed by atoms with Crippen molar-refractivity contribution in [2.75, 3.05) is 26.4 Å². The zero-order valence-corrected chi connectivity index (χ0v) is 14.2. The van der Waals surface area contributed by atoms with Gasteiger partial charge in [-0.2, -0.15) is 0 Å². The van der Waals surface area contributed by atoms with Crippen molar-refractivity contribution >= 4 is 17.1 Å². The van der Waals surface area contributed by atoms with Gasteiger partial charge in [-0.3, -0.25) is 0 Å². The van der Waals surface area contributed by atoms with Gasteiger partial charge in [0.2, 0.25) is 0 Å². The summed E-state index contributed by atoms with van der Waals surface area (Å²) in [6.45, 7) is 15.0. The zero-order chi connectivity index (χ0) is 13.4. The molecule has 0 amide bonds. The van der Waals surface area contributed by atoms with Crippen LogP contribution in [0.5, 0.6) is 0 Å². The predicted molar refractivity (Wildman–Crippen MR) is 74.7 cm³/mol. The fraction of sp³-hybridized carbons (Fsp3) is 1.00. The van der Waals surface area contributed by atoms with Gasteiger partial charge in [0.1, 0.15) is 0 Å². The van der Waals surface area contributed by atoms with Crippen LogP contribution >= 0.6 is 0 Å². The second kappa shape index (κ2) is 8.39. The molecule has 0 saturated heterocycles. The van der Waals surface area contributed by atoms with Crippen molar-refractivity contribution in [3.05, 3.63) is 0 Å². The highest BCUT2D eigenvalue weighted by molar-refractivity contribution is 6.69. The molecule has 0 aliphatic carbocycles. The van der Waals surface area contributed by atoms with Crippen LogP contribution in [0.25, 0.3) is 0 Å². The van der Waals surface area contributed by atoms with Crippen LogP contribution in [-0.4, -0.2) is 43.5 Å². The van der Waals surface area contributed by atoms with Gasteiger partial charge in [-0.1, -0.05) is 0 Å². The predicted octanol–water partition coefficient (Wildman–Crippen LogP) is 2.89. The second-order valence-corrected chi connectivity index (χ2v) is 11.9. The maximum atomic E-state index is 5.86. The Hall–Kier alpha value is 0.274. The molecule has 6 heteroatoms. The van der Waals surface area contributed by atoms with E-state index in [0.717, 1.165) is 6.04 Å². The maximum absolute atomic E-state index is 5.86. The van der Waals surface area contributed by atoms with Gasteiger partial charge in [-0.15, -0.1) is 0 Å². The topological polar surface area (TPSA) is 36.9 Å². The summed E-state index contributed by atoms with van der Waals surface area (Å²) >= 11 is 0. The molecule has 0 aliphatic rings. The molecule has 104 valence electrons. The maximum Gasteiger partial charge on any atom is 0.503 e. The van der Waals surface area contributed by atoms with E-state index in [1.54, 1.807) is 0 Å². The van der Waals surface area contributed by atoms with Crippen molar-refractivity contribution in [2.24, 2.45) is 0 Å². The van der Waals surface area contributed by atoms with Crippen LogP contribution in [0.15, 0.2) is 0 Å². The van der Waals surface area contributed by atoms with Gasteiger partial charge in [0.25, 0.3) is 0 Å². The summed E-state index contributed by atoms with van der Waals surface area (Å²) in [5.74, 6) is 0. The lowest BCUT2D eigenvalue weighted by molar-refractivity contribution is 0.0673. The Labute approximate surface area is 108 Å². The lowest BCUT2D eigenvalue weighted by Gasteiger charge is -2.29. The third kappa shape index (κ3) is 8.07. The molecule has 17 heavy (non-hydrogen) atoms. The van der Waals surface area contributed by atoms with Gasteiger partial charge in [0, 0.05) is 32.5 Å². The number of hydrogen-bond donors (Lipinski definition) is 0. The van der Waals surface area contributed by atoms with Crippen molar-refractivity contribution in [1.82, 2.24) is 0 Å². The van der Waals surface area contributed by atoms with Crippen LogP contribution in [0.2, 0.25) is 25.7 Å². The van der Waals surface area contributed by atoms with Gasteiger partial charge in [-0.05, 0) is 40.4 Å². The lowest BCUT2D eigenvalue weighted by Crippen LogP contribution is -2.47. The Balaban J connectivity index is 4.33. The Bertz CT molecular complexity index is 177. The molecule has 0 aliphatic heterocycles. The van der Waals surface area contributed by atoms with Crippen LogP contribution in [0.4, 0.5) is 0 Å². The molecule has 0 rings (SSSR count). The van der Waals surface area contributed by atoms with E-state index in [-0.39, 0.29) is 0 Å². The monoisotopic (exact) mass is 280 g/mol. The van der Waals surface area contributed by atoms with E-state index in [9.17, 15) is 0 Å². The molecular formula is C11H28O4Si2. The fourth-order valence-corrected chi connectivity index (χ4v) is 4.76. The molecule has 0 N–H and O–H groups in total. The molecule has 0 aromatic carbocycles. The van der Waals surface area contributed by atoms with Crippen LogP contribution in [0.3, 0.4) is 0 Å². The third-order valence-corrected chi connectivity index (χ3v) is 6.11. The molecule has 0 saturated carbocycles. The fourth-order valence-electron chi connectivity index (χ4n) is 1.48. The van der Waals surface area contributed by atoms with Gasteiger partial charge in [0.15, 0.2) is 8.32 Å². The zero-order valence-electron chi connectivity index (χ0n) is 12.2. The molecule has 0 fully saturated rings. The van der Waals surface area contributed by atoms with Crippen molar-refractivity contribution in [2.45, 2.75) is 46.5 Å². The highest BCUT2D eigenvalue weighted by Crippen LogP contribution is 2.17. The Morgan fingerprint density at radius 3 is 1.41 bits per heavy atom. The molecule has 0 bridgehead atoms. The van der Waals surface area contributed by atoms with E-state index in [1.165, 1.54) is 0 Å². The Morgan fingerprint density at radius 1 is 0.706 bits per heavy atom. The summed E-state index contributed by atoms with van der Waals surface area (Å²) < 4.78 is 23.1. The summed E-state index contributed by atoms with van der Waals surface area (Å²) in [5.41, 5.74) is 0. The van der Waals surface area contributed by atoms with Crippen LogP contribution < -0.4 is 0 Å². The molecule has 0 aromatic rings. The molecular weight excluding hydrogens is 252 g/mol. The lowest BCUT2D eigenvalue weighted by atomic mass is 10.9. The number of rotatable bonds is 10. The Kier molecular flexibility index (Phi) is 8.52. The van der Waals surface area contributed by atoms with E-state index in [2.05, 4.69) is 19.6 Å². The minimum Gasteiger partial charge on any atom is -0.418 e. The first-order chi connectivity index (χ1) is 7.89. The van der Waals surface area contributed by atoms with Crippen LogP contribution in [0.1, 0.15) is 20.8 Å². The van der Waals surface area contributed by atoms with Crippen molar-refractivity contribution in [1.29, 1.82) is 0 Å². The van der Waals surface area contributed by atoms with E-state index >= 15 is 0 Å². The standard InChI is InChI=1S/C11H28O4Si2/c1-7-12-17(13-8-2,14-9-3)11-10-15-16(4,5)6/h7-11H2,1-6H3. The Morgan fingerprint density at radius 2 is 1.12 bits per heavy atom. The third-order valence-electron chi connectivity index (χ3n) is 2.04. The molecule has 0 aromatic heterocycles. The SMILES string of the molecule is CCO[Si](CCO[Si](C)(C)C)(OCC)OCC. The van der Waals surface area contributed by atoms with E-state index in [4.69, 9.17) is 17.7 Å². The largest absolute Gasteiger partial charge is 0.503 e.